The molecule has 0 aliphatic heterocycles. The summed E-state index contributed by atoms with van der Waals surface area (Å²) in [5, 5.41) is 11.7. The van der Waals surface area contributed by atoms with Gasteiger partial charge < -0.3 is 15.2 Å². The summed E-state index contributed by atoms with van der Waals surface area (Å²) in [6, 6.07) is 16.5. The van der Waals surface area contributed by atoms with Crippen LogP contribution < -0.4 is 5.32 Å². The third-order valence-corrected chi connectivity index (χ3v) is 5.99. The highest BCUT2D eigenvalue weighted by Gasteiger charge is 2.34. The number of carboxylic acid groups (broad SMARTS) is 1. The van der Waals surface area contributed by atoms with Gasteiger partial charge in [0.25, 0.3) is 0 Å². The Labute approximate surface area is 198 Å². The number of carboxylic acids is 1. The van der Waals surface area contributed by atoms with Crippen LogP contribution in [0.2, 0.25) is 0 Å². The summed E-state index contributed by atoms with van der Waals surface area (Å²) in [6.45, 7) is -0.00366. The molecule has 0 saturated heterocycles. The number of rotatable bonds is 7. The first kappa shape index (κ1) is 24.3. The maximum atomic E-state index is 13.8. The van der Waals surface area contributed by atoms with Gasteiger partial charge in [-0.05, 0) is 52.8 Å². The van der Waals surface area contributed by atoms with Gasteiger partial charge in [-0.15, -0.1) is 0 Å². The molecule has 0 fully saturated rings. The van der Waals surface area contributed by atoms with E-state index in [-0.39, 0.29) is 30.9 Å². The molecule has 0 unspecified atom stereocenters. The van der Waals surface area contributed by atoms with E-state index in [1.165, 1.54) is 0 Å². The number of hydrogen-bond donors (Lipinski definition) is 2. The van der Waals surface area contributed by atoms with Crippen molar-refractivity contribution >= 4 is 12.1 Å². The summed E-state index contributed by atoms with van der Waals surface area (Å²) in [5.74, 6) is -2.98. The number of amides is 1. The van der Waals surface area contributed by atoms with Crippen LogP contribution in [0.1, 0.15) is 34.6 Å². The van der Waals surface area contributed by atoms with E-state index >= 15 is 0 Å². The lowest BCUT2D eigenvalue weighted by Gasteiger charge is -2.17. The van der Waals surface area contributed by atoms with Gasteiger partial charge in [-0.1, -0.05) is 54.6 Å². The lowest BCUT2D eigenvalue weighted by molar-refractivity contribution is -0.140. The van der Waals surface area contributed by atoms with Crippen LogP contribution >= 0.6 is 0 Å². The van der Waals surface area contributed by atoms with E-state index in [4.69, 9.17) is 4.74 Å². The minimum absolute atomic E-state index is 0.00366. The Morgan fingerprint density at radius 3 is 2.11 bits per heavy atom. The molecular weight excluding hydrogens is 466 g/mol. The molecule has 1 amide bonds. The van der Waals surface area contributed by atoms with Gasteiger partial charge in [0.1, 0.15) is 18.5 Å². The number of nitrogens with one attached hydrogen (secondary N) is 1. The molecule has 0 aromatic heterocycles. The summed E-state index contributed by atoms with van der Waals surface area (Å²) in [5.41, 5.74) is 2.87. The summed E-state index contributed by atoms with van der Waals surface area (Å²) in [7, 11) is 0. The van der Waals surface area contributed by atoms with Gasteiger partial charge in [-0.3, -0.25) is 0 Å². The third kappa shape index (κ3) is 5.29. The standard InChI is InChI=1S/C26H21F4NO4/c27-22-13-15(9-11-21(22)26(28,29)30)10-12-23(24(32)33)31-25(34)35-14-20-18-7-3-1-5-16(18)17-6-2-4-8-19(17)20/h1-9,11,13,20,23H,10,12,14H2,(H,31,34)(H,32,33)/t23-/m0/s1. The highest BCUT2D eigenvalue weighted by atomic mass is 19.4. The number of carbonyl (C=O) groups is 2. The van der Waals surface area contributed by atoms with Gasteiger partial charge in [0, 0.05) is 5.92 Å². The number of aliphatic carboxylic acids is 1. The number of hydrogen-bond acceptors (Lipinski definition) is 3. The topological polar surface area (TPSA) is 75.6 Å². The fourth-order valence-electron chi connectivity index (χ4n) is 4.29. The van der Waals surface area contributed by atoms with Gasteiger partial charge in [0.05, 0.1) is 5.56 Å². The Morgan fingerprint density at radius 2 is 1.57 bits per heavy atom. The van der Waals surface area contributed by atoms with Crippen molar-refractivity contribution in [3.8, 4) is 11.1 Å². The average molecular weight is 487 g/mol. The molecule has 3 aromatic rings. The molecule has 182 valence electrons. The molecule has 2 N–H and O–H groups in total. The second-order valence-electron chi connectivity index (χ2n) is 8.21. The Hall–Kier alpha value is -3.88. The first-order valence-corrected chi connectivity index (χ1v) is 10.8. The van der Waals surface area contributed by atoms with Gasteiger partial charge >= 0.3 is 18.2 Å². The van der Waals surface area contributed by atoms with E-state index in [1.54, 1.807) is 0 Å². The van der Waals surface area contributed by atoms with E-state index in [9.17, 15) is 32.3 Å². The predicted molar refractivity (Wildman–Crippen MR) is 119 cm³/mol. The second-order valence-corrected chi connectivity index (χ2v) is 8.21. The van der Waals surface area contributed by atoms with Crippen molar-refractivity contribution in [1.82, 2.24) is 5.32 Å². The van der Waals surface area contributed by atoms with Crippen molar-refractivity contribution in [2.75, 3.05) is 6.61 Å². The van der Waals surface area contributed by atoms with Crippen molar-refractivity contribution in [3.63, 3.8) is 0 Å². The van der Waals surface area contributed by atoms with Crippen LogP contribution in [0.4, 0.5) is 22.4 Å². The van der Waals surface area contributed by atoms with Crippen LogP contribution in [0.3, 0.4) is 0 Å². The van der Waals surface area contributed by atoms with Gasteiger partial charge in [0.15, 0.2) is 0 Å². The van der Waals surface area contributed by atoms with Crippen LogP contribution in [0, 0.1) is 5.82 Å². The summed E-state index contributed by atoms with van der Waals surface area (Å²) in [4.78, 5) is 24.0. The zero-order chi connectivity index (χ0) is 25.2. The molecule has 0 spiro atoms. The Morgan fingerprint density at radius 1 is 0.971 bits per heavy atom. The monoisotopic (exact) mass is 487 g/mol. The largest absolute Gasteiger partial charge is 0.480 e. The molecule has 4 rings (SSSR count). The molecule has 9 heteroatoms. The molecular formula is C26H21F4NO4. The predicted octanol–water partition coefficient (Wildman–Crippen LogP) is 5.77. The molecule has 0 radical (unpaired) electrons. The van der Waals surface area contributed by atoms with Crippen LogP contribution in [0.15, 0.2) is 66.7 Å². The number of benzene rings is 3. The number of fused-ring (bicyclic) bond motifs is 3. The molecule has 5 nitrogen and oxygen atoms in total. The van der Waals surface area contributed by atoms with Gasteiger partial charge in [-0.25, -0.2) is 14.0 Å². The van der Waals surface area contributed by atoms with E-state index in [1.807, 2.05) is 48.5 Å². The van der Waals surface area contributed by atoms with E-state index in [2.05, 4.69) is 5.32 Å². The van der Waals surface area contributed by atoms with Gasteiger partial charge in [0.2, 0.25) is 0 Å². The lowest BCUT2D eigenvalue weighted by Crippen LogP contribution is -2.41. The van der Waals surface area contributed by atoms with Crippen molar-refractivity contribution < 1.29 is 37.0 Å². The smallest absolute Gasteiger partial charge is 0.419 e. The third-order valence-electron chi connectivity index (χ3n) is 5.99. The average Bonchev–Trinajstić information content (AvgIpc) is 3.13. The van der Waals surface area contributed by atoms with Crippen molar-refractivity contribution in [3.05, 3.63) is 94.8 Å². The first-order valence-electron chi connectivity index (χ1n) is 10.8. The number of alkyl carbamates (subject to hydrolysis) is 1. The molecule has 1 aliphatic rings. The molecule has 35 heavy (non-hydrogen) atoms. The number of aryl methyl sites for hydroxylation is 1. The maximum Gasteiger partial charge on any atom is 0.419 e. The van der Waals surface area contributed by atoms with E-state index < -0.39 is 35.7 Å². The lowest BCUT2D eigenvalue weighted by atomic mass is 9.98. The van der Waals surface area contributed by atoms with Crippen LogP contribution in [0.5, 0.6) is 0 Å². The Kier molecular flexibility index (Phi) is 6.77. The van der Waals surface area contributed by atoms with Gasteiger partial charge in [-0.2, -0.15) is 13.2 Å². The Balaban J connectivity index is 1.37. The summed E-state index contributed by atoms with van der Waals surface area (Å²) < 4.78 is 57.3. The number of halogens is 4. The zero-order valence-electron chi connectivity index (χ0n) is 18.3. The van der Waals surface area contributed by atoms with E-state index in [0.29, 0.717) is 6.07 Å². The van der Waals surface area contributed by atoms with Crippen LogP contribution in [0.25, 0.3) is 11.1 Å². The minimum Gasteiger partial charge on any atom is -0.480 e. The highest BCUT2D eigenvalue weighted by Crippen LogP contribution is 2.44. The number of carbonyl (C=O) groups excluding carboxylic acids is 1. The molecule has 3 aromatic carbocycles. The molecule has 1 atom stereocenters. The summed E-state index contributed by atoms with van der Waals surface area (Å²) in [6.07, 6.45) is -5.98. The quantitative estimate of drug-likeness (QED) is 0.415. The highest BCUT2D eigenvalue weighted by molar-refractivity contribution is 5.81. The van der Waals surface area contributed by atoms with Crippen molar-refractivity contribution in [2.45, 2.75) is 31.0 Å². The Bertz CT molecular complexity index is 1210. The van der Waals surface area contributed by atoms with Crippen molar-refractivity contribution in [2.24, 2.45) is 0 Å². The summed E-state index contributed by atoms with van der Waals surface area (Å²) >= 11 is 0. The maximum absolute atomic E-state index is 13.8. The fourth-order valence-corrected chi connectivity index (χ4v) is 4.29. The number of alkyl halides is 3. The normalized spacial score (nSPS) is 13.6. The molecule has 0 heterocycles. The fraction of sp³-hybridized carbons (Fsp3) is 0.231. The van der Waals surface area contributed by atoms with Crippen LogP contribution in [-0.2, 0) is 22.1 Å². The molecule has 0 saturated carbocycles. The second kappa shape index (κ2) is 9.77. The first-order chi connectivity index (χ1) is 16.6. The number of ether oxygens (including phenoxy) is 1. The zero-order valence-corrected chi connectivity index (χ0v) is 18.3. The molecule has 1 aliphatic carbocycles. The van der Waals surface area contributed by atoms with Crippen molar-refractivity contribution in [1.29, 1.82) is 0 Å². The molecule has 0 bridgehead atoms. The SMILES string of the molecule is O=C(N[C@@H](CCc1ccc(C(F)(F)F)c(F)c1)C(=O)O)OCC1c2ccccc2-c2ccccc21. The van der Waals surface area contributed by atoms with Crippen LogP contribution in [-0.4, -0.2) is 29.8 Å². The van der Waals surface area contributed by atoms with E-state index in [0.717, 1.165) is 34.4 Å². The minimum atomic E-state index is -4.82.